The summed E-state index contributed by atoms with van der Waals surface area (Å²) >= 11 is 0. The van der Waals surface area contributed by atoms with Gasteiger partial charge in [0.25, 0.3) is 0 Å². The number of aryl methyl sites for hydroxylation is 2. The molecule has 2 aromatic rings. The highest BCUT2D eigenvalue weighted by molar-refractivity contribution is 5.87. The third-order valence-electron chi connectivity index (χ3n) is 2.66. The molecule has 0 aliphatic rings. The van der Waals surface area contributed by atoms with Crippen LogP contribution in [0.1, 0.15) is 22.8 Å². The van der Waals surface area contributed by atoms with Crippen molar-refractivity contribution in [3.63, 3.8) is 0 Å². The van der Waals surface area contributed by atoms with Crippen LogP contribution in [0.4, 0.5) is 0 Å². The zero-order chi connectivity index (χ0) is 11.5. The Labute approximate surface area is 94.7 Å². The van der Waals surface area contributed by atoms with Gasteiger partial charge in [-0.25, -0.2) is 0 Å². The van der Waals surface area contributed by atoms with Crippen LogP contribution >= 0.6 is 0 Å². The van der Waals surface area contributed by atoms with Crippen LogP contribution < -0.4 is 0 Å². The molecule has 82 valence electrons. The number of hydrogen-bond donors (Lipinski definition) is 0. The number of carbonyl (C=O) groups excluding carboxylic acids is 1. The van der Waals surface area contributed by atoms with Gasteiger partial charge in [-0.1, -0.05) is 24.3 Å². The summed E-state index contributed by atoms with van der Waals surface area (Å²) in [7, 11) is 0. The topological polar surface area (TPSA) is 34.9 Å². The number of aldehydes is 1. The zero-order valence-corrected chi connectivity index (χ0v) is 9.47. The molecular formula is C13H14N2O. The largest absolute Gasteiger partial charge is 0.298 e. The van der Waals surface area contributed by atoms with Crippen molar-refractivity contribution >= 4 is 6.29 Å². The number of benzene rings is 1. The average molecular weight is 214 g/mol. The van der Waals surface area contributed by atoms with Gasteiger partial charge in [-0.3, -0.25) is 9.48 Å². The number of rotatable bonds is 3. The van der Waals surface area contributed by atoms with Crippen molar-refractivity contribution in [2.75, 3.05) is 0 Å². The fraction of sp³-hybridized carbons (Fsp3) is 0.231. The molecular weight excluding hydrogens is 200 g/mol. The Kier molecular flexibility index (Phi) is 2.86. The molecule has 1 heterocycles. The van der Waals surface area contributed by atoms with Gasteiger partial charge < -0.3 is 0 Å². The second-order valence-electron chi connectivity index (χ2n) is 3.70. The van der Waals surface area contributed by atoms with E-state index in [0.717, 1.165) is 29.7 Å². The number of aromatic nitrogens is 2. The molecule has 0 unspecified atom stereocenters. The molecule has 0 radical (unpaired) electrons. The summed E-state index contributed by atoms with van der Waals surface area (Å²) in [6.45, 7) is 4.85. The summed E-state index contributed by atoms with van der Waals surface area (Å²) < 4.78 is 1.91. The molecule has 0 saturated heterocycles. The Morgan fingerprint density at radius 1 is 1.38 bits per heavy atom. The fourth-order valence-electron chi connectivity index (χ4n) is 1.89. The van der Waals surface area contributed by atoms with Crippen LogP contribution in [0.15, 0.2) is 30.5 Å². The SMILES string of the molecule is CCn1ncc(C)c1-c1ccccc1C=O. The fourth-order valence-corrected chi connectivity index (χ4v) is 1.89. The van der Waals surface area contributed by atoms with E-state index in [1.807, 2.05) is 49.0 Å². The lowest BCUT2D eigenvalue weighted by Crippen LogP contribution is -2.01. The first-order chi connectivity index (χ1) is 7.77. The summed E-state index contributed by atoms with van der Waals surface area (Å²) in [5, 5.41) is 4.29. The van der Waals surface area contributed by atoms with Crippen LogP contribution in [-0.2, 0) is 6.54 Å². The molecule has 3 nitrogen and oxygen atoms in total. The lowest BCUT2D eigenvalue weighted by atomic mass is 10.0. The summed E-state index contributed by atoms with van der Waals surface area (Å²) in [5.41, 5.74) is 3.79. The molecule has 0 aliphatic carbocycles. The monoisotopic (exact) mass is 214 g/mol. The summed E-state index contributed by atoms with van der Waals surface area (Å²) in [6.07, 6.45) is 2.72. The predicted octanol–water partition coefficient (Wildman–Crippen LogP) is 2.69. The van der Waals surface area contributed by atoms with Gasteiger partial charge in [0.2, 0.25) is 0 Å². The van der Waals surface area contributed by atoms with E-state index in [0.29, 0.717) is 5.56 Å². The van der Waals surface area contributed by atoms with Crippen molar-refractivity contribution in [1.29, 1.82) is 0 Å². The van der Waals surface area contributed by atoms with Crippen LogP contribution in [0.2, 0.25) is 0 Å². The lowest BCUT2D eigenvalue weighted by Gasteiger charge is -2.08. The van der Waals surface area contributed by atoms with Gasteiger partial charge in [-0.2, -0.15) is 5.10 Å². The van der Waals surface area contributed by atoms with E-state index < -0.39 is 0 Å². The van der Waals surface area contributed by atoms with Crippen molar-refractivity contribution < 1.29 is 4.79 Å². The van der Waals surface area contributed by atoms with Crippen molar-refractivity contribution in [2.45, 2.75) is 20.4 Å². The molecule has 0 bridgehead atoms. The van der Waals surface area contributed by atoms with Gasteiger partial charge in [0.1, 0.15) is 0 Å². The second-order valence-corrected chi connectivity index (χ2v) is 3.70. The van der Waals surface area contributed by atoms with Crippen molar-refractivity contribution in [3.8, 4) is 11.3 Å². The Bertz CT molecular complexity index is 514. The second kappa shape index (κ2) is 4.31. The third kappa shape index (κ3) is 1.65. The average Bonchev–Trinajstić information content (AvgIpc) is 2.70. The maximum Gasteiger partial charge on any atom is 0.150 e. The first kappa shape index (κ1) is 10.6. The molecule has 1 aromatic heterocycles. The van der Waals surface area contributed by atoms with E-state index in [9.17, 15) is 4.79 Å². The molecule has 0 N–H and O–H groups in total. The highest BCUT2D eigenvalue weighted by Gasteiger charge is 2.11. The minimum absolute atomic E-state index is 0.709. The van der Waals surface area contributed by atoms with E-state index in [2.05, 4.69) is 5.10 Å². The Balaban J connectivity index is 2.66. The normalized spacial score (nSPS) is 10.4. The number of carbonyl (C=O) groups is 1. The van der Waals surface area contributed by atoms with Gasteiger partial charge in [0.05, 0.1) is 11.9 Å². The van der Waals surface area contributed by atoms with Gasteiger partial charge in [0.15, 0.2) is 6.29 Å². The lowest BCUT2D eigenvalue weighted by molar-refractivity contribution is 0.112. The quantitative estimate of drug-likeness (QED) is 0.736. The Morgan fingerprint density at radius 3 is 2.81 bits per heavy atom. The highest BCUT2D eigenvalue weighted by atomic mass is 16.1. The summed E-state index contributed by atoms with van der Waals surface area (Å²) in [4.78, 5) is 11.0. The molecule has 0 fully saturated rings. The number of hydrogen-bond acceptors (Lipinski definition) is 2. The van der Waals surface area contributed by atoms with E-state index in [4.69, 9.17) is 0 Å². The molecule has 0 amide bonds. The van der Waals surface area contributed by atoms with Gasteiger partial charge in [-0.15, -0.1) is 0 Å². The predicted molar refractivity (Wildman–Crippen MR) is 63.5 cm³/mol. The maximum atomic E-state index is 11.0. The number of nitrogens with zero attached hydrogens (tertiary/aromatic N) is 2. The minimum Gasteiger partial charge on any atom is -0.298 e. The molecule has 0 aliphatic heterocycles. The van der Waals surface area contributed by atoms with Crippen molar-refractivity contribution in [2.24, 2.45) is 0 Å². The van der Waals surface area contributed by atoms with E-state index in [1.54, 1.807) is 0 Å². The summed E-state index contributed by atoms with van der Waals surface area (Å²) in [5.74, 6) is 0. The molecule has 1 aromatic carbocycles. The van der Waals surface area contributed by atoms with Crippen LogP contribution in [0, 0.1) is 6.92 Å². The summed E-state index contributed by atoms with van der Waals surface area (Å²) in [6, 6.07) is 7.60. The van der Waals surface area contributed by atoms with Gasteiger partial charge in [0, 0.05) is 17.7 Å². The van der Waals surface area contributed by atoms with E-state index in [1.165, 1.54) is 0 Å². The van der Waals surface area contributed by atoms with Gasteiger partial charge >= 0.3 is 0 Å². The molecule has 0 saturated carbocycles. The van der Waals surface area contributed by atoms with Crippen LogP contribution in [0.3, 0.4) is 0 Å². The van der Waals surface area contributed by atoms with Crippen molar-refractivity contribution in [3.05, 3.63) is 41.6 Å². The van der Waals surface area contributed by atoms with Crippen LogP contribution in [-0.4, -0.2) is 16.1 Å². The van der Waals surface area contributed by atoms with Crippen molar-refractivity contribution in [1.82, 2.24) is 9.78 Å². The zero-order valence-electron chi connectivity index (χ0n) is 9.47. The highest BCUT2D eigenvalue weighted by Crippen LogP contribution is 2.25. The molecule has 16 heavy (non-hydrogen) atoms. The Morgan fingerprint density at radius 2 is 2.12 bits per heavy atom. The standard InChI is InChI=1S/C13H14N2O/c1-3-15-13(10(2)8-14-15)12-7-5-4-6-11(12)9-16/h4-9H,3H2,1-2H3. The Hall–Kier alpha value is -1.90. The minimum atomic E-state index is 0.709. The molecule has 2 rings (SSSR count). The molecule has 0 spiro atoms. The van der Waals surface area contributed by atoms with Crippen LogP contribution in [0.5, 0.6) is 0 Å². The maximum absolute atomic E-state index is 11.0. The third-order valence-corrected chi connectivity index (χ3v) is 2.66. The van der Waals surface area contributed by atoms with E-state index >= 15 is 0 Å². The first-order valence-electron chi connectivity index (χ1n) is 5.35. The van der Waals surface area contributed by atoms with E-state index in [-0.39, 0.29) is 0 Å². The molecule has 0 atom stereocenters. The molecule has 3 heteroatoms. The van der Waals surface area contributed by atoms with Gasteiger partial charge in [-0.05, 0) is 19.4 Å². The first-order valence-corrected chi connectivity index (χ1v) is 5.35. The smallest absolute Gasteiger partial charge is 0.150 e. The van der Waals surface area contributed by atoms with Crippen LogP contribution in [0.25, 0.3) is 11.3 Å².